The quantitative estimate of drug-likeness (QED) is 0.866. The fourth-order valence-electron chi connectivity index (χ4n) is 4.19. The number of oxazole rings is 1. The third-order valence-corrected chi connectivity index (χ3v) is 5.67. The molecule has 4 heterocycles. The molecule has 0 radical (unpaired) electrons. The summed E-state index contributed by atoms with van der Waals surface area (Å²) in [6.45, 7) is 5.88. The van der Waals surface area contributed by atoms with Gasteiger partial charge in [0.15, 0.2) is 5.76 Å². The molecule has 2 bridgehead atoms. The molecule has 3 fully saturated rings. The van der Waals surface area contributed by atoms with Gasteiger partial charge < -0.3 is 15.1 Å². The first-order valence-corrected chi connectivity index (χ1v) is 9.40. The van der Waals surface area contributed by atoms with Crippen molar-refractivity contribution in [2.45, 2.75) is 38.8 Å². The zero-order valence-electron chi connectivity index (χ0n) is 15.6. The molecular weight excluding hydrogens is 344 g/mol. The van der Waals surface area contributed by atoms with Crippen molar-refractivity contribution >= 4 is 17.5 Å². The lowest BCUT2D eigenvalue weighted by Crippen LogP contribution is -2.62. The minimum Gasteiger partial charge on any atom is -0.432 e. The summed E-state index contributed by atoms with van der Waals surface area (Å²) in [4.78, 5) is 30.3. The van der Waals surface area contributed by atoms with Gasteiger partial charge in [0.25, 0.3) is 5.89 Å². The summed E-state index contributed by atoms with van der Waals surface area (Å²) >= 11 is 0. The van der Waals surface area contributed by atoms with Gasteiger partial charge in [0, 0.05) is 30.3 Å². The highest BCUT2D eigenvalue weighted by atomic mass is 16.4. The van der Waals surface area contributed by atoms with Crippen LogP contribution in [0.15, 0.2) is 34.9 Å². The molecule has 2 N–H and O–H groups in total. The molecule has 1 aromatic heterocycles. The monoisotopic (exact) mass is 368 g/mol. The Kier molecular flexibility index (Phi) is 4.70. The molecule has 3 saturated heterocycles. The van der Waals surface area contributed by atoms with E-state index < -0.39 is 0 Å². The van der Waals surface area contributed by atoms with Gasteiger partial charge in [-0.05, 0) is 63.0 Å². The van der Waals surface area contributed by atoms with E-state index in [2.05, 4.69) is 27.4 Å². The van der Waals surface area contributed by atoms with Gasteiger partial charge in [-0.1, -0.05) is 0 Å². The number of benzene rings is 1. The van der Waals surface area contributed by atoms with Gasteiger partial charge in [0.1, 0.15) is 0 Å². The molecule has 3 aliphatic heterocycles. The third kappa shape index (κ3) is 3.60. The lowest BCUT2D eigenvalue weighted by molar-refractivity contribution is -0.114. The summed E-state index contributed by atoms with van der Waals surface area (Å²) in [7, 11) is 0. The van der Waals surface area contributed by atoms with Crippen LogP contribution in [-0.2, 0) is 4.79 Å². The molecule has 3 aliphatic rings. The second-order valence-corrected chi connectivity index (χ2v) is 7.40. The molecule has 0 aliphatic carbocycles. The molecule has 2 aromatic rings. The Morgan fingerprint density at radius 3 is 2.52 bits per heavy atom. The Labute approximate surface area is 158 Å². The number of carbonyl (C=O) groups excluding carboxylic acids is 2. The van der Waals surface area contributed by atoms with Crippen LogP contribution in [0, 0.1) is 5.92 Å². The fourth-order valence-corrected chi connectivity index (χ4v) is 4.19. The Morgan fingerprint density at radius 1 is 1.19 bits per heavy atom. The van der Waals surface area contributed by atoms with E-state index in [1.165, 1.54) is 6.92 Å². The van der Waals surface area contributed by atoms with E-state index >= 15 is 0 Å². The normalized spacial score (nSPS) is 26.6. The van der Waals surface area contributed by atoms with Crippen molar-refractivity contribution in [3.05, 3.63) is 36.4 Å². The predicted octanol–water partition coefficient (Wildman–Crippen LogP) is 2.51. The van der Waals surface area contributed by atoms with Crippen LogP contribution in [0.2, 0.25) is 0 Å². The number of aromatic nitrogens is 1. The molecule has 1 aromatic carbocycles. The molecule has 27 heavy (non-hydrogen) atoms. The van der Waals surface area contributed by atoms with E-state index in [0.717, 1.165) is 31.5 Å². The van der Waals surface area contributed by atoms with Gasteiger partial charge in [-0.2, -0.15) is 0 Å². The summed E-state index contributed by atoms with van der Waals surface area (Å²) in [6.07, 6.45) is 3.82. The van der Waals surface area contributed by atoms with Crippen molar-refractivity contribution in [2.75, 3.05) is 18.4 Å². The van der Waals surface area contributed by atoms with E-state index in [9.17, 15) is 9.59 Å². The summed E-state index contributed by atoms with van der Waals surface area (Å²) in [5.74, 6) is 0.755. The van der Waals surface area contributed by atoms with Gasteiger partial charge in [-0.25, -0.2) is 4.98 Å². The van der Waals surface area contributed by atoms with Crippen LogP contribution in [0.3, 0.4) is 0 Å². The van der Waals surface area contributed by atoms with Crippen LogP contribution in [0.4, 0.5) is 5.69 Å². The maximum atomic E-state index is 12.6. The molecular formula is C20H24N4O3. The average molecular weight is 368 g/mol. The molecule has 0 spiro atoms. The van der Waals surface area contributed by atoms with Crippen molar-refractivity contribution in [2.24, 2.45) is 5.92 Å². The molecule has 2 unspecified atom stereocenters. The number of anilines is 1. The van der Waals surface area contributed by atoms with Gasteiger partial charge in [0.05, 0.1) is 6.20 Å². The van der Waals surface area contributed by atoms with E-state index in [-0.39, 0.29) is 23.7 Å². The van der Waals surface area contributed by atoms with Gasteiger partial charge >= 0.3 is 5.91 Å². The number of hydrogen-bond acceptors (Lipinski definition) is 5. The first-order valence-electron chi connectivity index (χ1n) is 9.40. The summed E-state index contributed by atoms with van der Waals surface area (Å²) in [5, 5.41) is 5.84. The third-order valence-electron chi connectivity index (χ3n) is 5.67. The SMILES string of the molecule is CC(=O)Nc1ccc(-c2cnc(C(=O)NC3C4CCN(CC4)C3C)o2)cc1. The molecule has 7 heteroatoms. The standard InChI is InChI=1S/C20H24N4O3/c1-12-18(15-7-9-24(12)10-8-15)23-19(26)20-21-11-17(27-20)14-3-5-16(6-4-14)22-13(2)25/h3-6,11-12,15,18H,7-10H2,1-2H3,(H,22,25)(H,23,26). The van der Waals surface area contributed by atoms with Crippen molar-refractivity contribution in [3.8, 4) is 11.3 Å². The van der Waals surface area contributed by atoms with Gasteiger partial charge in [0.2, 0.25) is 5.91 Å². The minimum absolute atomic E-state index is 0.0829. The number of fused-ring (bicyclic) bond motifs is 3. The highest BCUT2D eigenvalue weighted by Gasteiger charge is 2.40. The Hall–Kier alpha value is -2.67. The lowest BCUT2D eigenvalue weighted by atomic mass is 9.79. The van der Waals surface area contributed by atoms with Crippen molar-refractivity contribution < 1.29 is 14.0 Å². The second-order valence-electron chi connectivity index (χ2n) is 7.40. The number of carbonyl (C=O) groups is 2. The maximum Gasteiger partial charge on any atom is 0.307 e. The van der Waals surface area contributed by atoms with Crippen molar-refractivity contribution in [3.63, 3.8) is 0 Å². The maximum absolute atomic E-state index is 12.6. The zero-order chi connectivity index (χ0) is 19.0. The summed E-state index contributed by atoms with van der Waals surface area (Å²) in [5.41, 5.74) is 1.51. The number of hydrogen-bond donors (Lipinski definition) is 2. The van der Waals surface area contributed by atoms with Crippen molar-refractivity contribution in [1.82, 2.24) is 15.2 Å². The van der Waals surface area contributed by atoms with Crippen LogP contribution in [0.1, 0.15) is 37.4 Å². The van der Waals surface area contributed by atoms with E-state index in [0.29, 0.717) is 23.4 Å². The molecule has 5 rings (SSSR count). The average Bonchev–Trinajstić information content (AvgIpc) is 3.15. The number of nitrogens with one attached hydrogen (secondary N) is 2. The lowest BCUT2D eigenvalue weighted by Gasteiger charge is -2.49. The van der Waals surface area contributed by atoms with E-state index in [1.54, 1.807) is 18.3 Å². The summed E-state index contributed by atoms with van der Waals surface area (Å²) < 4.78 is 5.69. The first kappa shape index (κ1) is 17.7. The highest BCUT2D eigenvalue weighted by Crippen LogP contribution is 2.32. The number of amides is 2. The Morgan fingerprint density at radius 2 is 1.89 bits per heavy atom. The van der Waals surface area contributed by atoms with Crippen LogP contribution in [0.5, 0.6) is 0 Å². The number of rotatable bonds is 4. The molecule has 7 nitrogen and oxygen atoms in total. The predicted molar refractivity (Wildman–Crippen MR) is 101 cm³/mol. The van der Waals surface area contributed by atoms with Crippen molar-refractivity contribution in [1.29, 1.82) is 0 Å². The van der Waals surface area contributed by atoms with Gasteiger partial charge in [-0.15, -0.1) is 0 Å². The first-order chi connectivity index (χ1) is 13.0. The number of nitrogens with zero attached hydrogens (tertiary/aromatic N) is 2. The molecule has 2 amide bonds. The van der Waals surface area contributed by atoms with Gasteiger partial charge in [-0.3, -0.25) is 14.5 Å². The van der Waals surface area contributed by atoms with Crippen LogP contribution in [0.25, 0.3) is 11.3 Å². The smallest absolute Gasteiger partial charge is 0.307 e. The number of piperidine rings is 3. The molecule has 142 valence electrons. The molecule has 0 saturated carbocycles. The Balaban J connectivity index is 1.44. The Bertz CT molecular complexity index is 835. The minimum atomic E-state index is -0.262. The topological polar surface area (TPSA) is 87.5 Å². The fraction of sp³-hybridized carbons (Fsp3) is 0.450. The summed E-state index contributed by atoms with van der Waals surface area (Å²) in [6, 6.07) is 7.71. The van der Waals surface area contributed by atoms with E-state index in [4.69, 9.17) is 4.42 Å². The zero-order valence-corrected chi connectivity index (χ0v) is 15.6. The van der Waals surface area contributed by atoms with E-state index in [1.807, 2.05) is 12.1 Å². The largest absolute Gasteiger partial charge is 0.432 e. The highest BCUT2D eigenvalue weighted by molar-refractivity contribution is 5.90. The molecule has 2 atom stereocenters. The second kappa shape index (κ2) is 7.15. The van der Waals surface area contributed by atoms with Crippen LogP contribution in [-0.4, -0.2) is 46.9 Å². The van der Waals surface area contributed by atoms with Crippen LogP contribution >= 0.6 is 0 Å². The van der Waals surface area contributed by atoms with Crippen LogP contribution < -0.4 is 10.6 Å².